The fourth-order valence-corrected chi connectivity index (χ4v) is 4.36. The zero-order valence-corrected chi connectivity index (χ0v) is 23.1. The van der Waals surface area contributed by atoms with Crippen molar-refractivity contribution in [1.29, 1.82) is 0 Å². The van der Waals surface area contributed by atoms with Gasteiger partial charge in [-0.3, -0.25) is 19.4 Å². The zero-order chi connectivity index (χ0) is 29.7. The first-order chi connectivity index (χ1) is 19.1. The number of carbonyl (C=O) groups is 4. The van der Waals surface area contributed by atoms with Crippen LogP contribution in [0, 0.1) is 0 Å². The van der Waals surface area contributed by atoms with Crippen molar-refractivity contribution in [3.63, 3.8) is 0 Å². The predicted molar refractivity (Wildman–Crippen MR) is 153 cm³/mol. The van der Waals surface area contributed by atoms with Crippen LogP contribution in [-0.4, -0.2) is 94.2 Å². The zero-order valence-electron chi connectivity index (χ0n) is 22.3. The molecule has 1 aromatic heterocycles. The number of carbonyl (C=O) groups excluding carboxylic acids is 3. The van der Waals surface area contributed by atoms with Gasteiger partial charge in [0.15, 0.2) is 5.96 Å². The fourth-order valence-electron chi connectivity index (χ4n) is 3.89. The SMILES string of the molecule is CSCCC(NC(=O)C(CO)NC(=O)C(Cc1c[nH]c2ccccc12)NC(=O)C(N)CCCN=C(N)N)C(=O)O. The summed E-state index contributed by atoms with van der Waals surface area (Å²) in [4.78, 5) is 57.4. The number of amides is 3. The first-order valence-corrected chi connectivity index (χ1v) is 14.1. The van der Waals surface area contributed by atoms with Gasteiger partial charge in [0.25, 0.3) is 0 Å². The molecule has 0 saturated heterocycles. The first-order valence-electron chi connectivity index (χ1n) is 12.7. The van der Waals surface area contributed by atoms with Gasteiger partial charge >= 0.3 is 5.97 Å². The molecule has 0 saturated carbocycles. The summed E-state index contributed by atoms with van der Waals surface area (Å²) in [6, 6.07) is 2.65. The molecule has 4 unspecified atom stereocenters. The number of benzene rings is 1. The second-order valence-corrected chi connectivity index (χ2v) is 10.1. The number of carboxylic acid groups (broad SMARTS) is 1. The molecular formula is C25H38N8O6S. The Morgan fingerprint density at radius 2 is 1.65 bits per heavy atom. The minimum absolute atomic E-state index is 0.0492. The number of guanidine groups is 1. The Kier molecular flexibility index (Phi) is 13.2. The highest BCUT2D eigenvalue weighted by Crippen LogP contribution is 2.19. The standard InChI is InChI=1S/C25H38N8O6S/c1-40-10-8-18(24(38)39)31-23(37)20(13-34)33-22(36)19(11-14-12-30-17-7-3-2-5-15(14)17)32-21(35)16(26)6-4-9-29-25(27)28/h2-3,5,7,12,16,18-20,30,34H,4,6,8-11,13,26H2,1H3,(H,31,37)(H,32,35)(H,33,36)(H,38,39)(H4,27,28,29). The smallest absolute Gasteiger partial charge is 0.326 e. The highest BCUT2D eigenvalue weighted by molar-refractivity contribution is 7.98. The number of hydrogen-bond acceptors (Lipinski definition) is 8. The van der Waals surface area contributed by atoms with Crippen LogP contribution >= 0.6 is 11.8 Å². The summed E-state index contributed by atoms with van der Waals surface area (Å²) in [6.07, 6.45) is 4.40. The van der Waals surface area contributed by atoms with Gasteiger partial charge in [-0.15, -0.1) is 0 Å². The molecule has 0 spiro atoms. The van der Waals surface area contributed by atoms with Crippen LogP contribution in [-0.2, 0) is 25.6 Å². The number of fused-ring (bicyclic) bond motifs is 1. The topological polar surface area (TPSA) is 251 Å². The van der Waals surface area contributed by atoms with E-state index < -0.39 is 54.5 Å². The Morgan fingerprint density at radius 1 is 1.00 bits per heavy atom. The molecule has 2 rings (SSSR count). The molecule has 1 aromatic carbocycles. The number of H-pyrrole nitrogens is 1. The Hall–Kier alpha value is -3.82. The minimum atomic E-state index is -1.45. The van der Waals surface area contributed by atoms with E-state index in [0.29, 0.717) is 12.2 Å². The Labute approximate surface area is 235 Å². The number of aliphatic carboxylic acids is 1. The van der Waals surface area contributed by atoms with Crippen molar-refractivity contribution in [1.82, 2.24) is 20.9 Å². The van der Waals surface area contributed by atoms with E-state index in [0.717, 1.165) is 16.5 Å². The first kappa shape index (κ1) is 32.4. The summed E-state index contributed by atoms with van der Waals surface area (Å²) in [7, 11) is 0. The van der Waals surface area contributed by atoms with E-state index in [9.17, 15) is 29.4 Å². The summed E-state index contributed by atoms with van der Waals surface area (Å²) in [5.41, 5.74) is 18.2. The van der Waals surface area contributed by atoms with Gasteiger partial charge in [-0.05, 0) is 42.9 Å². The lowest BCUT2D eigenvalue weighted by molar-refractivity contribution is -0.142. The molecule has 1 heterocycles. The highest BCUT2D eigenvalue weighted by Gasteiger charge is 2.30. The second-order valence-electron chi connectivity index (χ2n) is 9.10. The van der Waals surface area contributed by atoms with E-state index in [-0.39, 0.29) is 31.8 Å². The van der Waals surface area contributed by atoms with Crippen molar-refractivity contribution in [3.8, 4) is 0 Å². The number of aromatic amines is 1. The van der Waals surface area contributed by atoms with Crippen molar-refractivity contribution < 1.29 is 29.4 Å². The van der Waals surface area contributed by atoms with Gasteiger partial charge in [-0.2, -0.15) is 11.8 Å². The minimum Gasteiger partial charge on any atom is -0.480 e. The molecule has 2 aromatic rings. The molecule has 0 radical (unpaired) electrons. The summed E-state index contributed by atoms with van der Waals surface area (Å²) in [5, 5.41) is 27.5. The lowest BCUT2D eigenvalue weighted by Gasteiger charge is -2.24. The Balaban J connectivity index is 2.18. The molecule has 4 atom stereocenters. The van der Waals surface area contributed by atoms with Gasteiger partial charge in [0.2, 0.25) is 17.7 Å². The van der Waals surface area contributed by atoms with Crippen molar-refractivity contribution in [3.05, 3.63) is 36.0 Å². The number of rotatable bonds is 17. The van der Waals surface area contributed by atoms with Crippen molar-refractivity contribution in [2.75, 3.05) is 25.2 Å². The summed E-state index contributed by atoms with van der Waals surface area (Å²) in [5.74, 6) is -3.04. The third kappa shape index (κ3) is 10.1. The summed E-state index contributed by atoms with van der Waals surface area (Å²) in [6.45, 7) is -0.505. The Bertz CT molecular complexity index is 1190. The van der Waals surface area contributed by atoms with Crippen molar-refractivity contribution >= 4 is 52.3 Å². The average molecular weight is 579 g/mol. The molecule has 14 nitrogen and oxygen atoms in total. The number of para-hydroxylation sites is 1. The van der Waals surface area contributed by atoms with Gasteiger partial charge in [0, 0.05) is 30.1 Å². The summed E-state index contributed by atoms with van der Waals surface area (Å²) < 4.78 is 0. The van der Waals surface area contributed by atoms with Crippen LogP contribution in [0.15, 0.2) is 35.5 Å². The van der Waals surface area contributed by atoms with Crippen LogP contribution in [0.5, 0.6) is 0 Å². The third-order valence-corrected chi connectivity index (χ3v) is 6.72. The van der Waals surface area contributed by atoms with E-state index in [1.807, 2.05) is 24.3 Å². The fraction of sp³-hybridized carbons (Fsp3) is 0.480. The molecule has 0 aliphatic carbocycles. The van der Waals surface area contributed by atoms with Gasteiger partial charge in [-0.1, -0.05) is 18.2 Å². The molecule has 0 bridgehead atoms. The molecule has 40 heavy (non-hydrogen) atoms. The number of carboxylic acids is 1. The van der Waals surface area contributed by atoms with Gasteiger partial charge in [0.05, 0.1) is 12.6 Å². The van der Waals surface area contributed by atoms with Crippen LogP contribution in [0.25, 0.3) is 10.9 Å². The largest absolute Gasteiger partial charge is 0.480 e. The summed E-state index contributed by atoms with van der Waals surface area (Å²) >= 11 is 1.42. The van der Waals surface area contributed by atoms with Crippen LogP contribution < -0.4 is 33.2 Å². The average Bonchev–Trinajstić information content (AvgIpc) is 3.33. The number of aliphatic imine (C=N–C) groups is 1. The second kappa shape index (κ2) is 16.3. The molecular weight excluding hydrogens is 540 g/mol. The number of hydrogen-bond donors (Lipinski definition) is 9. The van der Waals surface area contributed by atoms with Crippen molar-refractivity contribution in [2.24, 2.45) is 22.2 Å². The van der Waals surface area contributed by atoms with E-state index >= 15 is 0 Å². The number of aromatic nitrogens is 1. The van der Waals surface area contributed by atoms with Crippen LogP contribution in [0.2, 0.25) is 0 Å². The number of nitrogens with two attached hydrogens (primary N) is 3. The number of thioether (sulfide) groups is 1. The maximum atomic E-state index is 13.3. The van der Waals surface area contributed by atoms with E-state index in [4.69, 9.17) is 17.2 Å². The van der Waals surface area contributed by atoms with Crippen LogP contribution in [0.4, 0.5) is 0 Å². The van der Waals surface area contributed by atoms with E-state index in [1.165, 1.54) is 11.8 Å². The maximum Gasteiger partial charge on any atom is 0.326 e. The molecule has 15 heteroatoms. The highest BCUT2D eigenvalue weighted by atomic mass is 32.2. The van der Waals surface area contributed by atoms with Crippen LogP contribution in [0.3, 0.4) is 0 Å². The molecule has 0 aliphatic rings. The van der Waals surface area contributed by atoms with Crippen LogP contribution in [0.1, 0.15) is 24.8 Å². The van der Waals surface area contributed by atoms with Gasteiger partial charge in [0.1, 0.15) is 18.1 Å². The van der Waals surface area contributed by atoms with E-state index in [1.54, 1.807) is 12.5 Å². The number of aliphatic hydroxyl groups excluding tert-OH is 1. The lowest BCUT2D eigenvalue weighted by Crippen LogP contribution is -2.58. The Morgan fingerprint density at radius 3 is 2.30 bits per heavy atom. The molecule has 220 valence electrons. The molecule has 0 aliphatic heterocycles. The predicted octanol–water partition coefficient (Wildman–Crippen LogP) is -1.62. The third-order valence-electron chi connectivity index (χ3n) is 6.08. The van der Waals surface area contributed by atoms with Gasteiger partial charge in [-0.25, -0.2) is 4.79 Å². The van der Waals surface area contributed by atoms with E-state index in [2.05, 4.69) is 25.9 Å². The number of nitrogens with zero attached hydrogens (tertiary/aromatic N) is 1. The number of aliphatic hydroxyl groups is 1. The molecule has 12 N–H and O–H groups in total. The van der Waals surface area contributed by atoms with Gasteiger partial charge < -0.3 is 48.3 Å². The quantitative estimate of drug-likeness (QED) is 0.0589. The van der Waals surface area contributed by atoms with Crippen molar-refractivity contribution in [2.45, 2.75) is 49.9 Å². The maximum absolute atomic E-state index is 13.3. The number of nitrogens with one attached hydrogen (secondary N) is 4. The monoisotopic (exact) mass is 578 g/mol. The molecule has 0 fully saturated rings. The normalized spacial score (nSPS) is 14.0. The molecule has 3 amide bonds. The lowest BCUT2D eigenvalue weighted by atomic mass is 10.0.